The van der Waals surface area contributed by atoms with Gasteiger partial charge >= 0.3 is 0 Å². The summed E-state index contributed by atoms with van der Waals surface area (Å²) >= 11 is 5.55. The Labute approximate surface area is 111 Å². The maximum Gasteiger partial charge on any atom is 0.0441 e. The van der Waals surface area contributed by atoms with Crippen LogP contribution in [0, 0.1) is 12.8 Å². The van der Waals surface area contributed by atoms with Crippen molar-refractivity contribution in [2.24, 2.45) is 5.92 Å². The molecule has 1 saturated carbocycles. The van der Waals surface area contributed by atoms with Crippen LogP contribution in [0.15, 0.2) is 10.5 Å². The first-order valence-electron chi connectivity index (χ1n) is 6.15. The molecule has 1 fully saturated rings. The van der Waals surface area contributed by atoms with Crippen molar-refractivity contribution in [3.8, 4) is 0 Å². The maximum absolute atomic E-state index is 3.62. The Balaban J connectivity index is 2.14. The lowest BCUT2D eigenvalue weighted by molar-refractivity contribution is 0.284. The zero-order valence-corrected chi connectivity index (χ0v) is 12.5. The third-order valence-corrected chi connectivity index (χ3v) is 5.83. The van der Waals surface area contributed by atoms with Gasteiger partial charge in [-0.3, -0.25) is 0 Å². The van der Waals surface area contributed by atoms with Gasteiger partial charge in [-0.05, 0) is 54.7 Å². The summed E-state index contributed by atoms with van der Waals surface area (Å²) in [7, 11) is 2.10. The molecule has 0 aliphatic heterocycles. The van der Waals surface area contributed by atoms with E-state index in [1.165, 1.54) is 46.3 Å². The van der Waals surface area contributed by atoms with Crippen LogP contribution in [0.4, 0.5) is 0 Å². The van der Waals surface area contributed by atoms with Gasteiger partial charge in [0.15, 0.2) is 0 Å². The Hall–Kier alpha value is 0.140. The summed E-state index contributed by atoms with van der Waals surface area (Å²) in [5, 5.41) is 3.52. The van der Waals surface area contributed by atoms with Crippen molar-refractivity contribution >= 4 is 27.3 Å². The number of hydrogen-bond donors (Lipinski definition) is 1. The Morgan fingerprint density at radius 1 is 1.38 bits per heavy atom. The predicted molar refractivity (Wildman–Crippen MR) is 75.1 cm³/mol. The normalized spacial score (nSPS) is 19.9. The molecule has 16 heavy (non-hydrogen) atoms. The fraction of sp³-hybridized carbons (Fsp3) is 0.692. The molecule has 1 aliphatic rings. The van der Waals surface area contributed by atoms with Gasteiger partial charge in [-0.2, -0.15) is 0 Å². The van der Waals surface area contributed by atoms with Gasteiger partial charge in [0, 0.05) is 20.3 Å². The van der Waals surface area contributed by atoms with Gasteiger partial charge in [-0.15, -0.1) is 11.3 Å². The van der Waals surface area contributed by atoms with E-state index in [1.54, 1.807) is 0 Å². The molecule has 1 aromatic rings. The van der Waals surface area contributed by atoms with Crippen LogP contribution in [0.25, 0.3) is 0 Å². The summed E-state index contributed by atoms with van der Waals surface area (Å²) in [5.41, 5.74) is 0. The summed E-state index contributed by atoms with van der Waals surface area (Å²) in [5.74, 6) is 0.837. The van der Waals surface area contributed by atoms with E-state index in [-0.39, 0.29) is 0 Å². The first-order valence-corrected chi connectivity index (χ1v) is 7.76. The van der Waals surface area contributed by atoms with Crippen molar-refractivity contribution in [3.05, 3.63) is 20.3 Å². The number of rotatable bonds is 3. The lowest BCUT2D eigenvalue weighted by Gasteiger charge is -2.29. The maximum atomic E-state index is 3.62. The lowest BCUT2D eigenvalue weighted by Crippen LogP contribution is -2.26. The van der Waals surface area contributed by atoms with Crippen LogP contribution in [0.5, 0.6) is 0 Å². The van der Waals surface area contributed by atoms with E-state index in [0.29, 0.717) is 6.04 Å². The molecule has 90 valence electrons. The highest BCUT2D eigenvalue weighted by Gasteiger charge is 2.25. The van der Waals surface area contributed by atoms with Crippen molar-refractivity contribution in [3.63, 3.8) is 0 Å². The molecule has 1 N–H and O–H groups in total. The highest BCUT2D eigenvalue weighted by atomic mass is 79.9. The molecular formula is C13H20BrNS. The van der Waals surface area contributed by atoms with Crippen molar-refractivity contribution < 1.29 is 0 Å². The van der Waals surface area contributed by atoms with Crippen LogP contribution >= 0.6 is 27.3 Å². The van der Waals surface area contributed by atoms with Gasteiger partial charge in [0.1, 0.15) is 0 Å². The summed E-state index contributed by atoms with van der Waals surface area (Å²) in [6.07, 6.45) is 7.03. The molecule has 0 bridgehead atoms. The highest BCUT2D eigenvalue weighted by molar-refractivity contribution is 9.10. The van der Waals surface area contributed by atoms with Gasteiger partial charge in [-0.1, -0.05) is 19.3 Å². The standard InChI is InChI=1S/C13H20BrNS/c1-9-11(14)8-12(16-9)13(15-2)10-6-4-3-5-7-10/h8,10,13,15H,3-7H2,1-2H3. The van der Waals surface area contributed by atoms with Crippen LogP contribution in [0.1, 0.15) is 47.9 Å². The Kier molecular flexibility index (Phi) is 4.45. The molecule has 1 unspecified atom stereocenters. The molecule has 1 heterocycles. The fourth-order valence-corrected chi connectivity index (χ4v) is 4.48. The second-order valence-corrected chi connectivity index (χ2v) is 6.86. The average molecular weight is 302 g/mol. The second-order valence-electron chi connectivity index (χ2n) is 4.72. The van der Waals surface area contributed by atoms with Crippen LogP contribution < -0.4 is 5.32 Å². The largest absolute Gasteiger partial charge is 0.312 e. The van der Waals surface area contributed by atoms with Crippen molar-refractivity contribution in [1.82, 2.24) is 5.32 Å². The van der Waals surface area contributed by atoms with Crippen LogP contribution in [0.2, 0.25) is 0 Å². The van der Waals surface area contributed by atoms with Gasteiger partial charge in [-0.25, -0.2) is 0 Å². The van der Waals surface area contributed by atoms with Crippen LogP contribution in [-0.2, 0) is 0 Å². The number of thiophene rings is 1. The Morgan fingerprint density at radius 3 is 2.56 bits per heavy atom. The predicted octanol–water partition coefficient (Wildman–Crippen LogP) is 4.66. The van der Waals surface area contributed by atoms with Crippen molar-refractivity contribution in [2.45, 2.75) is 45.1 Å². The van der Waals surface area contributed by atoms with E-state index >= 15 is 0 Å². The second kappa shape index (κ2) is 5.65. The zero-order chi connectivity index (χ0) is 11.5. The van der Waals surface area contributed by atoms with E-state index in [4.69, 9.17) is 0 Å². The van der Waals surface area contributed by atoms with Crippen LogP contribution in [0.3, 0.4) is 0 Å². The topological polar surface area (TPSA) is 12.0 Å². The molecule has 1 atom stereocenters. The summed E-state index contributed by atoms with van der Waals surface area (Å²) in [4.78, 5) is 2.89. The first-order chi connectivity index (χ1) is 7.72. The molecular weight excluding hydrogens is 282 g/mol. The minimum atomic E-state index is 0.565. The van der Waals surface area contributed by atoms with E-state index < -0.39 is 0 Å². The smallest absolute Gasteiger partial charge is 0.0441 e. The average Bonchev–Trinajstić information content (AvgIpc) is 2.61. The number of halogens is 1. The van der Waals surface area contributed by atoms with E-state index in [9.17, 15) is 0 Å². The summed E-state index contributed by atoms with van der Waals surface area (Å²) in [6, 6.07) is 2.87. The van der Waals surface area contributed by atoms with E-state index in [2.05, 4.69) is 41.3 Å². The monoisotopic (exact) mass is 301 g/mol. The van der Waals surface area contributed by atoms with Crippen molar-refractivity contribution in [1.29, 1.82) is 0 Å². The Bertz CT molecular complexity index is 322. The first kappa shape index (κ1) is 12.6. The van der Waals surface area contributed by atoms with Crippen molar-refractivity contribution in [2.75, 3.05) is 7.05 Å². The molecule has 2 rings (SSSR count). The minimum absolute atomic E-state index is 0.565. The number of nitrogens with one attached hydrogen (secondary N) is 1. The van der Waals surface area contributed by atoms with E-state index in [1.807, 2.05) is 11.3 Å². The molecule has 0 saturated heterocycles. The summed E-state index contributed by atoms with van der Waals surface area (Å²) < 4.78 is 1.27. The van der Waals surface area contributed by atoms with Gasteiger partial charge in [0.25, 0.3) is 0 Å². The Morgan fingerprint density at radius 2 is 2.06 bits per heavy atom. The molecule has 0 aromatic carbocycles. The molecule has 1 aromatic heterocycles. The summed E-state index contributed by atoms with van der Waals surface area (Å²) in [6.45, 7) is 2.19. The molecule has 0 spiro atoms. The van der Waals surface area contributed by atoms with E-state index in [0.717, 1.165) is 5.92 Å². The highest BCUT2D eigenvalue weighted by Crippen LogP contribution is 2.39. The number of hydrogen-bond acceptors (Lipinski definition) is 2. The van der Waals surface area contributed by atoms with Crippen LogP contribution in [-0.4, -0.2) is 7.05 Å². The SMILES string of the molecule is CNC(c1cc(Br)c(C)s1)C1CCCCC1. The van der Waals surface area contributed by atoms with Gasteiger partial charge in [0.2, 0.25) is 0 Å². The molecule has 0 amide bonds. The number of aryl methyl sites for hydroxylation is 1. The van der Waals surface area contributed by atoms with Gasteiger partial charge < -0.3 is 5.32 Å². The molecule has 1 nitrogen and oxygen atoms in total. The third-order valence-electron chi connectivity index (χ3n) is 3.62. The molecule has 1 aliphatic carbocycles. The lowest BCUT2D eigenvalue weighted by atomic mass is 9.83. The minimum Gasteiger partial charge on any atom is -0.312 e. The molecule has 3 heteroatoms. The van der Waals surface area contributed by atoms with Gasteiger partial charge in [0.05, 0.1) is 0 Å². The zero-order valence-electron chi connectivity index (χ0n) is 10.1. The third kappa shape index (κ3) is 2.69. The molecule has 0 radical (unpaired) electrons. The fourth-order valence-electron chi connectivity index (χ4n) is 2.71. The quantitative estimate of drug-likeness (QED) is 0.856.